The molecule has 4 rings (SSSR count). The fourth-order valence-corrected chi connectivity index (χ4v) is 3.20. The lowest BCUT2D eigenvalue weighted by atomic mass is 9.97. The molecule has 2 aromatic rings. The monoisotopic (exact) mass is 414 g/mol. The minimum Gasteiger partial charge on any atom is -0.467 e. The number of rotatable bonds is 2. The van der Waals surface area contributed by atoms with Crippen LogP contribution in [0.3, 0.4) is 0 Å². The van der Waals surface area contributed by atoms with Crippen molar-refractivity contribution in [2.75, 3.05) is 6.79 Å². The Balaban J connectivity index is 1.64. The highest BCUT2D eigenvalue weighted by atomic mass is 35.5. The average molecular weight is 415 g/mol. The van der Waals surface area contributed by atoms with Crippen LogP contribution in [0.4, 0.5) is 0 Å². The minimum atomic E-state index is -0.643. The Morgan fingerprint density at radius 3 is 2.76 bits per heavy atom. The molecule has 29 heavy (non-hydrogen) atoms. The molecule has 0 bridgehead atoms. The lowest BCUT2D eigenvalue weighted by Gasteiger charge is -2.20. The summed E-state index contributed by atoms with van der Waals surface area (Å²) in [4.78, 5) is 24.8. The van der Waals surface area contributed by atoms with Gasteiger partial charge in [-0.2, -0.15) is 0 Å². The number of hydrogen-bond acceptors (Lipinski definition) is 6. The maximum absolute atomic E-state index is 12.7. The number of Topliss-reactive ketones (excluding diaryl/α,β-unsaturated/α-hetero) is 1. The molecule has 0 fully saturated rings. The largest absolute Gasteiger partial charge is 0.467 e. The van der Waals surface area contributed by atoms with Crippen LogP contribution in [-0.2, 0) is 16.1 Å². The standard InChI is InChI=1S/C22H19ClO6/c1-22(2,3)21(25)28-15-4-5-16-17(9-15)29-18(19(16)24)8-12-6-14(23)7-13-10-26-11-27-20(12)13/h4-9H,10-11H2,1-3H3. The van der Waals surface area contributed by atoms with Gasteiger partial charge in [-0.05, 0) is 51.1 Å². The molecule has 0 saturated carbocycles. The van der Waals surface area contributed by atoms with Crippen molar-refractivity contribution in [3.8, 4) is 17.2 Å². The van der Waals surface area contributed by atoms with Gasteiger partial charge in [0.15, 0.2) is 12.6 Å². The molecule has 0 aromatic heterocycles. The van der Waals surface area contributed by atoms with Crippen LogP contribution in [0.1, 0.15) is 42.3 Å². The van der Waals surface area contributed by atoms with Crippen molar-refractivity contribution in [2.45, 2.75) is 27.4 Å². The molecule has 0 unspecified atom stereocenters. The van der Waals surface area contributed by atoms with Gasteiger partial charge in [0.2, 0.25) is 5.78 Å². The fourth-order valence-electron chi connectivity index (χ4n) is 2.95. The van der Waals surface area contributed by atoms with E-state index < -0.39 is 5.41 Å². The van der Waals surface area contributed by atoms with Crippen molar-refractivity contribution in [2.24, 2.45) is 5.41 Å². The molecular weight excluding hydrogens is 396 g/mol. The number of fused-ring (bicyclic) bond motifs is 2. The highest BCUT2D eigenvalue weighted by Crippen LogP contribution is 2.38. The molecule has 6 nitrogen and oxygen atoms in total. The Bertz CT molecular complexity index is 1050. The van der Waals surface area contributed by atoms with E-state index in [1.165, 1.54) is 6.07 Å². The first-order valence-electron chi connectivity index (χ1n) is 9.06. The summed E-state index contributed by atoms with van der Waals surface area (Å²) in [7, 11) is 0. The minimum absolute atomic E-state index is 0.127. The summed E-state index contributed by atoms with van der Waals surface area (Å²) in [6.45, 7) is 5.80. The van der Waals surface area contributed by atoms with Crippen molar-refractivity contribution in [1.82, 2.24) is 0 Å². The van der Waals surface area contributed by atoms with Gasteiger partial charge in [-0.3, -0.25) is 9.59 Å². The number of ketones is 1. The zero-order chi connectivity index (χ0) is 20.8. The Kier molecular flexibility index (Phi) is 4.84. The molecule has 2 aliphatic heterocycles. The lowest BCUT2D eigenvalue weighted by molar-refractivity contribution is -0.143. The number of allylic oxidation sites excluding steroid dienone is 1. The van der Waals surface area contributed by atoms with E-state index in [1.807, 2.05) is 0 Å². The highest BCUT2D eigenvalue weighted by Gasteiger charge is 2.30. The maximum Gasteiger partial charge on any atom is 0.316 e. The van der Waals surface area contributed by atoms with Crippen LogP contribution in [0.15, 0.2) is 36.1 Å². The molecule has 0 radical (unpaired) electrons. The number of hydrogen-bond donors (Lipinski definition) is 0. The zero-order valence-electron chi connectivity index (χ0n) is 16.2. The number of halogens is 1. The summed E-state index contributed by atoms with van der Waals surface area (Å²) in [5.74, 6) is 0.759. The molecule has 0 aliphatic carbocycles. The van der Waals surface area contributed by atoms with E-state index in [0.717, 1.165) is 5.56 Å². The van der Waals surface area contributed by atoms with Gasteiger partial charge < -0.3 is 18.9 Å². The number of benzene rings is 2. The highest BCUT2D eigenvalue weighted by molar-refractivity contribution is 6.31. The molecular formula is C22H19ClO6. The van der Waals surface area contributed by atoms with Gasteiger partial charge in [0.05, 0.1) is 17.6 Å². The first kappa shape index (κ1) is 19.5. The Hall–Kier alpha value is -2.83. The lowest BCUT2D eigenvalue weighted by Crippen LogP contribution is -2.25. The van der Waals surface area contributed by atoms with Crippen LogP contribution < -0.4 is 14.2 Å². The molecule has 0 atom stereocenters. The summed E-state index contributed by atoms with van der Waals surface area (Å²) >= 11 is 6.18. The second-order valence-corrected chi connectivity index (χ2v) is 8.27. The summed E-state index contributed by atoms with van der Waals surface area (Å²) < 4.78 is 22.0. The van der Waals surface area contributed by atoms with Crippen molar-refractivity contribution in [3.05, 3.63) is 57.8 Å². The van der Waals surface area contributed by atoms with E-state index in [4.69, 9.17) is 30.5 Å². The molecule has 2 aromatic carbocycles. The van der Waals surface area contributed by atoms with Crippen molar-refractivity contribution in [1.29, 1.82) is 0 Å². The Morgan fingerprint density at radius 1 is 1.21 bits per heavy atom. The molecule has 2 aliphatic rings. The number of ether oxygens (including phenoxy) is 4. The van der Waals surface area contributed by atoms with Crippen molar-refractivity contribution in [3.63, 3.8) is 0 Å². The van der Waals surface area contributed by atoms with E-state index in [1.54, 1.807) is 51.1 Å². The van der Waals surface area contributed by atoms with Crippen LogP contribution in [0.5, 0.6) is 17.2 Å². The van der Waals surface area contributed by atoms with Crippen LogP contribution >= 0.6 is 11.6 Å². The third-order valence-electron chi connectivity index (χ3n) is 4.45. The summed E-state index contributed by atoms with van der Waals surface area (Å²) in [5.41, 5.74) is 1.18. The van der Waals surface area contributed by atoms with Gasteiger partial charge in [-0.1, -0.05) is 11.6 Å². The average Bonchev–Trinajstić information content (AvgIpc) is 2.96. The van der Waals surface area contributed by atoms with Gasteiger partial charge in [-0.15, -0.1) is 0 Å². The van der Waals surface area contributed by atoms with Crippen LogP contribution in [0.2, 0.25) is 5.02 Å². The van der Waals surface area contributed by atoms with Gasteiger partial charge >= 0.3 is 5.97 Å². The van der Waals surface area contributed by atoms with Crippen molar-refractivity contribution < 1.29 is 28.5 Å². The third-order valence-corrected chi connectivity index (χ3v) is 4.67. The third kappa shape index (κ3) is 3.86. The summed E-state index contributed by atoms with van der Waals surface area (Å²) in [6, 6.07) is 8.17. The summed E-state index contributed by atoms with van der Waals surface area (Å²) in [6.07, 6.45) is 1.60. The maximum atomic E-state index is 12.7. The van der Waals surface area contributed by atoms with Gasteiger partial charge in [0.1, 0.15) is 17.2 Å². The van der Waals surface area contributed by atoms with Gasteiger partial charge in [0.25, 0.3) is 0 Å². The van der Waals surface area contributed by atoms with Crippen LogP contribution in [-0.4, -0.2) is 18.5 Å². The number of carbonyl (C=O) groups is 2. The van der Waals surface area contributed by atoms with E-state index >= 15 is 0 Å². The number of esters is 1. The Morgan fingerprint density at radius 2 is 2.00 bits per heavy atom. The SMILES string of the molecule is CC(C)(C)C(=O)Oc1ccc2c(c1)OC(=Cc1cc(Cl)cc3c1OCOC3)C2=O. The van der Waals surface area contributed by atoms with Gasteiger partial charge in [-0.25, -0.2) is 0 Å². The number of carbonyl (C=O) groups excluding carboxylic acids is 2. The smallest absolute Gasteiger partial charge is 0.316 e. The van der Waals surface area contributed by atoms with E-state index in [0.29, 0.717) is 40.0 Å². The van der Waals surface area contributed by atoms with Crippen LogP contribution in [0.25, 0.3) is 6.08 Å². The second-order valence-electron chi connectivity index (χ2n) is 7.83. The zero-order valence-corrected chi connectivity index (χ0v) is 17.0. The van der Waals surface area contributed by atoms with Crippen LogP contribution in [0, 0.1) is 5.41 Å². The Labute approximate surface area is 173 Å². The first-order chi connectivity index (χ1) is 13.7. The first-order valence-corrected chi connectivity index (χ1v) is 9.44. The molecule has 7 heteroatoms. The molecule has 0 saturated heterocycles. The summed E-state index contributed by atoms with van der Waals surface area (Å²) in [5, 5.41) is 0.504. The molecule has 0 N–H and O–H groups in total. The van der Waals surface area contributed by atoms with E-state index in [9.17, 15) is 9.59 Å². The predicted octanol–water partition coefficient (Wildman–Crippen LogP) is 4.77. The van der Waals surface area contributed by atoms with Gasteiger partial charge in [0, 0.05) is 22.2 Å². The molecule has 150 valence electrons. The normalized spacial score (nSPS) is 16.7. The predicted molar refractivity (Wildman–Crippen MR) is 106 cm³/mol. The van der Waals surface area contributed by atoms with E-state index in [-0.39, 0.29) is 24.3 Å². The molecule has 2 heterocycles. The van der Waals surface area contributed by atoms with Crippen molar-refractivity contribution >= 4 is 29.4 Å². The fraction of sp³-hybridized carbons (Fsp3) is 0.273. The molecule has 0 amide bonds. The molecule has 0 spiro atoms. The van der Waals surface area contributed by atoms with E-state index in [2.05, 4.69) is 0 Å². The topological polar surface area (TPSA) is 71.1 Å². The second kappa shape index (κ2) is 7.21. The quantitative estimate of drug-likeness (QED) is 0.400.